The molecule has 216 valence electrons. The highest BCUT2D eigenvalue weighted by Gasteiger charge is 2.45. The highest BCUT2D eigenvalue weighted by molar-refractivity contribution is 6.23. The van der Waals surface area contributed by atoms with Gasteiger partial charge in [0, 0.05) is 31.7 Å². The van der Waals surface area contributed by atoms with Gasteiger partial charge in [0.25, 0.3) is 17.7 Å². The largest absolute Gasteiger partial charge is 0.573 e. The van der Waals surface area contributed by atoms with Gasteiger partial charge in [-0.1, -0.05) is 19.1 Å². The Labute approximate surface area is 232 Å². The van der Waals surface area contributed by atoms with Gasteiger partial charge in [0.15, 0.2) is 0 Å². The van der Waals surface area contributed by atoms with Crippen molar-refractivity contribution in [1.29, 1.82) is 0 Å². The Hall–Kier alpha value is -4.42. The van der Waals surface area contributed by atoms with Gasteiger partial charge < -0.3 is 15.0 Å². The summed E-state index contributed by atoms with van der Waals surface area (Å²) in [7, 11) is 0. The Morgan fingerprint density at radius 1 is 1.05 bits per heavy atom. The summed E-state index contributed by atoms with van der Waals surface area (Å²) in [6.07, 6.45) is -3.53. The van der Waals surface area contributed by atoms with Crippen molar-refractivity contribution in [2.75, 3.05) is 24.5 Å². The predicted octanol–water partition coefficient (Wildman–Crippen LogP) is 3.02. The monoisotopic (exact) mass is 572 g/mol. The second kappa shape index (κ2) is 10.5. The molecule has 1 atom stereocenters. The van der Waals surface area contributed by atoms with Crippen LogP contribution in [0.1, 0.15) is 63.7 Å². The summed E-state index contributed by atoms with van der Waals surface area (Å²) in [6, 6.07) is 9.04. The number of fused-ring (bicyclic) bond motifs is 1. The number of halogens is 3. The van der Waals surface area contributed by atoms with Crippen LogP contribution in [0.5, 0.6) is 5.75 Å². The number of ether oxygens (including phenoxy) is 1. The molecule has 0 aromatic heterocycles. The molecule has 13 heteroatoms. The van der Waals surface area contributed by atoms with Crippen molar-refractivity contribution in [1.82, 2.24) is 15.5 Å². The number of hydrogen-bond donors (Lipinski definition) is 2. The molecule has 3 aliphatic rings. The van der Waals surface area contributed by atoms with Crippen LogP contribution in [-0.2, 0) is 9.59 Å². The Morgan fingerprint density at radius 3 is 2.41 bits per heavy atom. The molecule has 0 saturated carbocycles. The maximum atomic E-state index is 13.1. The number of hydrogen-bond acceptors (Lipinski definition) is 7. The Balaban J connectivity index is 1.21. The van der Waals surface area contributed by atoms with Gasteiger partial charge in [-0.3, -0.25) is 34.2 Å². The lowest BCUT2D eigenvalue weighted by atomic mass is 9.80. The number of imide groups is 2. The molecule has 0 bridgehead atoms. The highest BCUT2D eigenvalue weighted by atomic mass is 19.4. The van der Waals surface area contributed by atoms with E-state index in [1.807, 2.05) is 11.8 Å². The number of para-hydroxylation sites is 1. The van der Waals surface area contributed by atoms with Crippen LogP contribution in [0.15, 0.2) is 42.5 Å². The van der Waals surface area contributed by atoms with Crippen molar-refractivity contribution in [3.63, 3.8) is 0 Å². The van der Waals surface area contributed by atoms with Crippen molar-refractivity contribution in [3.8, 4) is 5.75 Å². The number of benzene rings is 2. The molecule has 3 aliphatic heterocycles. The maximum Gasteiger partial charge on any atom is 0.573 e. The van der Waals surface area contributed by atoms with Crippen LogP contribution in [0.2, 0.25) is 0 Å². The molecule has 41 heavy (non-hydrogen) atoms. The van der Waals surface area contributed by atoms with Crippen LogP contribution < -0.4 is 20.3 Å². The van der Waals surface area contributed by atoms with Crippen molar-refractivity contribution in [2.45, 2.75) is 45.0 Å². The number of alkyl halides is 3. The second-order valence-electron chi connectivity index (χ2n) is 10.7. The molecule has 2 N–H and O–H groups in total. The average Bonchev–Trinajstić information content (AvgIpc) is 3.16. The normalized spacial score (nSPS) is 20.5. The minimum absolute atomic E-state index is 0.0376. The van der Waals surface area contributed by atoms with E-state index in [-0.39, 0.29) is 41.5 Å². The minimum atomic E-state index is -4.92. The number of amides is 5. The van der Waals surface area contributed by atoms with E-state index in [1.165, 1.54) is 18.2 Å². The maximum absolute atomic E-state index is 13.1. The molecule has 0 radical (unpaired) electrons. The fraction of sp³-hybridized carbons (Fsp3) is 0.393. The smallest absolute Gasteiger partial charge is 0.405 e. The third-order valence-corrected chi connectivity index (χ3v) is 7.79. The number of carbonyl (C=O) groups excluding carboxylic acids is 5. The SMILES string of the molecule is CC1(CNC(=O)c2ccccc2OC(F)(F)F)CCN(c2ccc3c(c2)C(=O)N(C2CCC(=O)NC2=O)C3=O)CC1. The topological polar surface area (TPSA) is 125 Å². The molecule has 0 spiro atoms. The highest BCUT2D eigenvalue weighted by Crippen LogP contribution is 2.35. The van der Waals surface area contributed by atoms with Crippen LogP contribution in [-0.4, -0.2) is 66.5 Å². The van der Waals surface area contributed by atoms with E-state index in [9.17, 15) is 37.1 Å². The van der Waals surface area contributed by atoms with Gasteiger partial charge in [-0.15, -0.1) is 13.2 Å². The lowest BCUT2D eigenvalue weighted by Crippen LogP contribution is -2.54. The van der Waals surface area contributed by atoms with E-state index in [0.717, 1.165) is 16.7 Å². The third-order valence-electron chi connectivity index (χ3n) is 7.79. The number of nitrogens with zero attached hydrogens (tertiary/aromatic N) is 2. The molecular weight excluding hydrogens is 545 g/mol. The standard InChI is InChI=1S/C28H27F3N4O6/c1-27(15-32-23(37)18-4-2-3-5-21(18)41-28(29,30)31)10-12-34(13-11-27)16-6-7-17-19(14-16)26(40)35(25(17)39)20-8-9-22(36)33-24(20)38/h2-7,14,20H,8-13,15H2,1H3,(H,32,37)(H,33,36,38). The molecule has 2 saturated heterocycles. The lowest BCUT2D eigenvalue weighted by molar-refractivity contribution is -0.274. The lowest BCUT2D eigenvalue weighted by Gasteiger charge is -2.40. The predicted molar refractivity (Wildman–Crippen MR) is 138 cm³/mol. The van der Waals surface area contributed by atoms with Crippen LogP contribution in [0, 0.1) is 5.41 Å². The van der Waals surface area contributed by atoms with E-state index >= 15 is 0 Å². The molecule has 3 heterocycles. The Kier molecular flexibility index (Phi) is 7.22. The molecule has 0 aliphatic carbocycles. The third kappa shape index (κ3) is 5.74. The second-order valence-corrected chi connectivity index (χ2v) is 10.7. The Bertz CT molecular complexity index is 1430. The summed E-state index contributed by atoms with van der Waals surface area (Å²) < 4.78 is 42.1. The first-order valence-electron chi connectivity index (χ1n) is 13.1. The summed E-state index contributed by atoms with van der Waals surface area (Å²) in [5, 5.41) is 4.90. The molecule has 10 nitrogen and oxygen atoms in total. The molecule has 2 fully saturated rings. The van der Waals surface area contributed by atoms with E-state index in [1.54, 1.807) is 18.2 Å². The van der Waals surface area contributed by atoms with Gasteiger partial charge in [0.2, 0.25) is 11.8 Å². The van der Waals surface area contributed by atoms with E-state index in [0.29, 0.717) is 25.9 Å². The fourth-order valence-electron chi connectivity index (χ4n) is 5.39. The molecule has 1 unspecified atom stereocenters. The van der Waals surface area contributed by atoms with Gasteiger partial charge in [-0.25, -0.2) is 0 Å². The van der Waals surface area contributed by atoms with Gasteiger partial charge in [-0.05, 0) is 55.0 Å². The number of nitrogens with one attached hydrogen (secondary N) is 2. The summed E-state index contributed by atoms with van der Waals surface area (Å²) in [5.41, 5.74) is 0.561. The first kappa shape index (κ1) is 28.1. The summed E-state index contributed by atoms with van der Waals surface area (Å²) in [5.74, 6) is -3.51. The number of rotatable bonds is 6. The number of anilines is 1. The van der Waals surface area contributed by atoms with Gasteiger partial charge in [0.05, 0.1) is 16.7 Å². The quantitative estimate of drug-likeness (QED) is 0.510. The number of carbonyl (C=O) groups is 5. The van der Waals surface area contributed by atoms with Crippen LogP contribution in [0.3, 0.4) is 0 Å². The minimum Gasteiger partial charge on any atom is -0.405 e. The van der Waals surface area contributed by atoms with E-state index in [2.05, 4.69) is 15.4 Å². The zero-order valence-electron chi connectivity index (χ0n) is 22.0. The Morgan fingerprint density at radius 2 is 1.73 bits per heavy atom. The van der Waals surface area contributed by atoms with E-state index in [4.69, 9.17) is 0 Å². The average molecular weight is 573 g/mol. The summed E-state index contributed by atoms with van der Waals surface area (Å²) in [4.78, 5) is 65.5. The van der Waals surface area contributed by atoms with Crippen molar-refractivity contribution < 1.29 is 41.9 Å². The molecule has 2 aromatic carbocycles. The first-order chi connectivity index (χ1) is 19.3. The van der Waals surface area contributed by atoms with Crippen LogP contribution >= 0.6 is 0 Å². The van der Waals surface area contributed by atoms with Crippen molar-refractivity contribution >= 4 is 35.2 Å². The van der Waals surface area contributed by atoms with Crippen LogP contribution in [0.25, 0.3) is 0 Å². The summed E-state index contributed by atoms with van der Waals surface area (Å²) >= 11 is 0. The molecule has 5 amide bonds. The molecule has 2 aromatic rings. The summed E-state index contributed by atoms with van der Waals surface area (Å²) in [6.45, 7) is 3.35. The molecular formula is C28H27F3N4O6. The molecule has 5 rings (SSSR count). The zero-order chi connectivity index (χ0) is 29.5. The zero-order valence-corrected chi connectivity index (χ0v) is 22.0. The number of piperidine rings is 2. The van der Waals surface area contributed by atoms with Gasteiger partial charge >= 0.3 is 6.36 Å². The van der Waals surface area contributed by atoms with Gasteiger partial charge in [0.1, 0.15) is 11.8 Å². The van der Waals surface area contributed by atoms with Crippen molar-refractivity contribution in [2.24, 2.45) is 5.41 Å². The van der Waals surface area contributed by atoms with Gasteiger partial charge in [-0.2, -0.15) is 0 Å². The first-order valence-corrected chi connectivity index (χ1v) is 13.1. The van der Waals surface area contributed by atoms with Crippen molar-refractivity contribution in [3.05, 3.63) is 59.2 Å². The van der Waals surface area contributed by atoms with Crippen LogP contribution in [0.4, 0.5) is 18.9 Å². The van der Waals surface area contributed by atoms with E-state index < -0.39 is 47.7 Å². The fourth-order valence-corrected chi connectivity index (χ4v) is 5.39.